The second-order valence-corrected chi connectivity index (χ2v) is 7.95. The Labute approximate surface area is 163 Å². The van der Waals surface area contributed by atoms with Crippen molar-refractivity contribution >= 4 is 11.4 Å². The monoisotopic (exact) mass is 361 g/mol. The van der Waals surface area contributed by atoms with Crippen LogP contribution in [0.3, 0.4) is 0 Å². The van der Waals surface area contributed by atoms with E-state index in [1.54, 1.807) is 0 Å². The molecule has 0 saturated carbocycles. The smallest absolute Gasteiger partial charge is 0.0569 e. The Bertz CT molecular complexity index is 790. The van der Waals surface area contributed by atoms with Crippen molar-refractivity contribution in [2.24, 2.45) is 4.99 Å². The summed E-state index contributed by atoms with van der Waals surface area (Å²) >= 11 is 0. The molecule has 1 saturated heterocycles. The molecule has 0 spiro atoms. The zero-order chi connectivity index (χ0) is 18.5. The van der Waals surface area contributed by atoms with Gasteiger partial charge >= 0.3 is 0 Å². The van der Waals surface area contributed by atoms with Gasteiger partial charge in [-0.1, -0.05) is 54.4 Å². The van der Waals surface area contributed by atoms with E-state index in [0.29, 0.717) is 6.04 Å². The van der Waals surface area contributed by atoms with Gasteiger partial charge in [0, 0.05) is 29.9 Å². The van der Waals surface area contributed by atoms with E-state index in [-0.39, 0.29) is 0 Å². The molecule has 0 aromatic heterocycles. The number of hydrogen-bond donors (Lipinski definition) is 1. The molecule has 4 rings (SSSR count). The Morgan fingerprint density at radius 2 is 1.89 bits per heavy atom. The minimum Gasteiger partial charge on any atom is -0.377 e. The molecule has 0 radical (unpaired) electrons. The van der Waals surface area contributed by atoms with Crippen molar-refractivity contribution in [1.29, 1.82) is 0 Å². The number of para-hydroxylation sites is 1. The molecule has 2 heterocycles. The first-order chi connectivity index (χ1) is 13.3. The number of anilines is 1. The summed E-state index contributed by atoms with van der Waals surface area (Å²) in [6, 6.07) is 17.8. The molecule has 0 aliphatic carbocycles. The first-order valence-electron chi connectivity index (χ1n) is 10.5. The maximum Gasteiger partial charge on any atom is 0.0569 e. The zero-order valence-corrected chi connectivity index (χ0v) is 16.5. The maximum atomic E-state index is 5.06. The Morgan fingerprint density at radius 3 is 2.74 bits per heavy atom. The van der Waals surface area contributed by atoms with Gasteiger partial charge in [-0.25, -0.2) is 0 Å². The van der Waals surface area contributed by atoms with Crippen molar-refractivity contribution < 1.29 is 0 Å². The number of nitrogens with zero attached hydrogens (tertiary/aromatic N) is 2. The van der Waals surface area contributed by atoms with Crippen LogP contribution < -0.4 is 5.32 Å². The van der Waals surface area contributed by atoms with Gasteiger partial charge in [-0.05, 0) is 57.5 Å². The second kappa shape index (κ2) is 8.71. The molecule has 0 bridgehead atoms. The number of fused-ring (bicyclic) bond motifs is 1. The highest BCUT2D eigenvalue weighted by Gasteiger charge is 2.23. The summed E-state index contributed by atoms with van der Waals surface area (Å²) in [6.07, 6.45) is 6.26. The molecule has 2 aromatic carbocycles. The summed E-state index contributed by atoms with van der Waals surface area (Å²) in [4.78, 5) is 7.66. The highest BCUT2D eigenvalue weighted by Crippen LogP contribution is 2.33. The topological polar surface area (TPSA) is 27.6 Å². The fourth-order valence-electron chi connectivity index (χ4n) is 4.33. The number of aryl methyl sites for hydroxylation is 1. The van der Waals surface area contributed by atoms with E-state index >= 15 is 0 Å². The summed E-state index contributed by atoms with van der Waals surface area (Å²) < 4.78 is 0. The molecule has 2 aromatic rings. The van der Waals surface area contributed by atoms with Crippen LogP contribution in [-0.4, -0.2) is 36.8 Å². The quantitative estimate of drug-likeness (QED) is 0.740. The van der Waals surface area contributed by atoms with Gasteiger partial charge in [-0.3, -0.25) is 4.99 Å². The lowest BCUT2D eigenvalue weighted by molar-refractivity contribution is 0.228. The molecule has 1 atom stereocenters. The standard InChI is InChI=1S/C24H31N3/c1-19-9-7-10-20(17-19)23-18-24(21-11-3-4-12-22(21)26-23)25-13-8-16-27-14-5-2-6-15-27/h3-4,7,9-12,17,23,26H,2,5-6,8,13-16,18H2,1H3. The number of aliphatic imine (C=N–C) groups is 1. The molecule has 27 heavy (non-hydrogen) atoms. The molecular formula is C24H31N3. The maximum absolute atomic E-state index is 5.06. The summed E-state index contributed by atoms with van der Waals surface area (Å²) in [5.74, 6) is 0. The Kier molecular flexibility index (Phi) is 5.88. The molecule has 1 N–H and O–H groups in total. The third kappa shape index (κ3) is 4.59. The van der Waals surface area contributed by atoms with Crippen LogP contribution in [0.15, 0.2) is 53.5 Å². The van der Waals surface area contributed by atoms with Gasteiger partial charge in [0.1, 0.15) is 0 Å². The Hall–Kier alpha value is -2.13. The van der Waals surface area contributed by atoms with Gasteiger partial charge in [0.2, 0.25) is 0 Å². The molecule has 3 heteroatoms. The number of benzene rings is 2. The van der Waals surface area contributed by atoms with Crippen LogP contribution in [0.4, 0.5) is 5.69 Å². The number of nitrogens with one attached hydrogen (secondary N) is 1. The fraction of sp³-hybridized carbons (Fsp3) is 0.458. The van der Waals surface area contributed by atoms with Crippen LogP contribution >= 0.6 is 0 Å². The van der Waals surface area contributed by atoms with E-state index in [1.165, 1.54) is 67.0 Å². The average molecular weight is 362 g/mol. The molecular weight excluding hydrogens is 330 g/mol. The van der Waals surface area contributed by atoms with Crippen molar-refractivity contribution in [1.82, 2.24) is 4.90 Å². The Balaban J connectivity index is 1.46. The third-order valence-corrected chi connectivity index (χ3v) is 5.79. The summed E-state index contributed by atoms with van der Waals surface area (Å²) in [7, 11) is 0. The van der Waals surface area contributed by atoms with Gasteiger partial charge in [-0.2, -0.15) is 0 Å². The van der Waals surface area contributed by atoms with Crippen molar-refractivity contribution in [2.75, 3.05) is 31.5 Å². The summed E-state index contributed by atoms with van der Waals surface area (Å²) in [5.41, 5.74) is 6.41. The van der Waals surface area contributed by atoms with Crippen LogP contribution in [-0.2, 0) is 0 Å². The first kappa shape index (κ1) is 18.2. The number of likely N-dealkylation sites (tertiary alicyclic amines) is 1. The minimum absolute atomic E-state index is 0.306. The van der Waals surface area contributed by atoms with Gasteiger partial charge in [-0.15, -0.1) is 0 Å². The second-order valence-electron chi connectivity index (χ2n) is 7.95. The molecule has 1 unspecified atom stereocenters. The van der Waals surface area contributed by atoms with E-state index in [0.717, 1.165) is 19.4 Å². The van der Waals surface area contributed by atoms with Crippen LogP contribution in [0.1, 0.15) is 54.8 Å². The lowest BCUT2D eigenvalue weighted by Crippen LogP contribution is -2.31. The van der Waals surface area contributed by atoms with Crippen molar-refractivity contribution in [2.45, 2.75) is 45.1 Å². The molecule has 2 aliphatic heterocycles. The third-order valence-electron chi connectivity index (χ3n) is 5.79. The SMILES string of the molecule is Cc1cccc(C2CC(=NCCCN3CCCCC3)c3ccccc3N2)c1. The molecule has 3 nitrogen and oxygen atoms in total. The van der Waals surface area contributed by atoms with Crippen LogP contribution in [0, 0.1) is 6.92 Å². The number of rotatable bonds is 5. The predicted molar refractivity (Wildman–Crippen MR) is 115 cm³/mol. The molecule has 0 amide bonds. The first-order valence-corrected chi connectivity index (χ1v) is 10.5. The highest BCUT2D eigenvalue weighted by molar-refractivity contribution is 6.07. The normalized spacial score (nSPS) is 21.7. The van der Waals surface area contributed by atoms with Crippen LogP contribution in [0.5, 0.6) is 0 Å². The van der Waals surface area contributed by atoms with Gasteiger partial charge in [0.05, 0.1) is 6.04 Å². The van der Waals surface area contributed by atoms with Crippen molar-refractivity contribution in [3.8, 4) is 0 Å². The van der Waals surface area contributed by atoms with Gasteiger partial charge < -0.3 is 10.2 Å². The fourth-order valence-corrected chi connectivity index (χ4v) is 4.33. The largest absolute Gasteiger partial charge is 0.377 e. The summed E-state index contributed by atoms with van der Waals surface area (Å²) in [6.45, 7) is 6.84. The van der Waals surface area contributed by atoms with Crippen LogP contribution in [0.2, 0.25) is 0 Å². The molecule has 2 aliphatic rings. The van der Waals surface area contributed by atoms with Crippen molar-refractivity contribution in [3.63, 3.8) is 0 Å². The molecule has 142 valence electrons. The number of hydrogen-bond acceptors (Lipinski definition) is 3. The van der Waals surface area contributed by atoms with E-state index in [9.17, 15) is 0 Å². The highest BCUT2D eigenvalue weighted by atomic mass is 15.1. The number of piperidine rings is 1. The van der Waals surface area contributed by atoms with Gasteiger partial charge in [0.25, 0.3) is 0 Å². The van der Waals surface area contributed by atoms with Crippen LogP contribution in [0.25, 0.3) is 0 Å². The minimum atomic E-state index is 0.306. The molecule has 1 fully saturated rings. The van der Waals surface area contributed by atoms with E-state index in [1.807, 2.05) is 0 Å². The predicted octanol–water partition coefficient (Wildman–Crippen LogP) is 5.22. The van der Waals surface area contributed by atoms with Crippen molar-refractivity contribution in [3.05, 3.63) is 65.2 Å². The zero-order valence-electron chi connectivity index (χ0n) is 16.5. The Morgan fingerprint density at radius 1 is 1.04 bits per heavy atom. The lowest BCUT2D eigenvalue weighted by atomic mass is 9.91. The van der Waals surface area contributed by atoms with E-state index < -0.39 is 0 Å². The lowest BCUT2D eigenvalue weighted by Gasteiger charge is -2.29. The average Bonchev–Trinajstić information content (AvgIpc) is 2.71. The van der Waals surface area contributed by atoms with E-state index in [2.05, 4.69) is 65.7 Å². The van der Waals surface area contributed by atoms with Gasteiger partial charge in [0.15, 0.2) is 0 Å². The summed E-state index contributed by atoms with van der Waals surface area (Å²) in [5, 5.41) is 3.72. The van der Waals surface area contributed by atoms with E-state index in [4.69, 9.17) is 4.99 Å².